The maximum absolute atomic E-state index is 12.4. The van der Waals surface area contributed by atoms with Crippen LogP contribution in [0.3, 0.4) is 0 Å². The number of hydrogen-bond donors (Lipinski definition) is 1. The number of rotatable bonds is 5. The van der Waals surface area contributed by atoms with Gasteiger partial charge in [-0.3, -0.25) is 4.21 Å². The first-order valence-electron chi connectivity index (χ1n) is 6.86. The Balaban J connectivity index is 2.08. The lowest BCUT2D eigenvalue weighted by atomic mass is 10.0. The zero-order chi connectivity index (χ0) is 15.4. The van der Waals surface area contributed by atoms with E-state index in [4.69, 9.17) is 10.5 Å². The summed E-state index contributed by atoms with van der Waals surface area (Å²) in [6.45, 7) is 4.13. The molecule has 0 aromatic heterocycles. The van der Waals surface area contributed by atoms with Crippen LogP contribution in [0.2, 0.25) is 0 Å². The highest BCUT2D eigenvalue weighted by Crippen LogP contribution is 2.20. The summed E-state index contributed by atoms with van der Waals surface area (Å²) in [5.74, 6) is 1.17. The number of nitrogens with two attached hydrogens (primary N) is 1. The van der Waals surface area contributed by atoms with Crippen LogP contribution in [-0.4, -0.2) is 17.1 Å². The van der Waals surface area contributed by atoms with E-state index in [1.165, 1.54) is 11.1 Å². The molecule has 21 heavy (non-hydrogen) atoms. The first-order chi connectivity index (χ1) is 10.0. The molecule has 0 bridgehead atoms. The molecule has 4 heteroatoms. The monoisotopic (exact) mass is 303 g/mol. The molecule has 0 amide bonds. The molecule has 0 fully saturated rings. The summed E-state index contributed by atoms with van der Waals surface area (Å²) >= 11 is 0. The molecule has 2 unspecified atom stereocenters. The van der Waals surface area contributed by atoms with Gasteiger partial charge in [0, 0.05) is 16.7 Å². The van der Waals surface area contributed by atoms with Gasteiger partial charge in [-0.05, 0) is 54.8 Å². The molecule has 0 saturated carbocycles. The summed E-state index contributed by atoms with van der Waals surface area (Å²) in [6.07, 6.45) is 0. The van der Waals surface area contributed by atoms with Gasteiger partial charge in [0.1, 0.15) is 5.75 Å². The van der Waals surface area contributed by atoms with Crippen LogP contribution in [0.4, 0.5) is 0 Å². The number of methoxy groups -OCH3 is 1. The number of aryl methyl sites for hydroxylation is 2. The standard InChI is InChI=1S/C17H21NO2S/c1-12-4-5-14(10-13(12)2)17(18)11-21(19)16-8-6-15(20-3)7-9-16/h4-10,17H,11,18H2,1-3H3. The van der Waals surface area contributed by atoms with Crippen LogP contribution in [0.5, 0.6) is 5.75 Å². The highest BCUT2D eigenvalue weighted by atomic mass is 32.2. The Bertz CT molecular complexity index is 638. The minimum Gasteiger partial charge on any atom is -0.497 e. The van der Waals surface area contributed by atoms with Crippen LogP contribution in [-0.2, 0) is 10.8 Å². The molecule has 0 spiro atoms. The van der Waals surface area contributed by atoms with E-state index >= 15 is 0 Å². The molecular formula is C17H21NO2S. The molecule has 2 aromatic rings. The van der Waals surface area contributed by atoms with E-state index in [1.807, 2.05) is 30.3 Å². The normalized spacial score (nSPS) is 13.7. The average molecular weight is 303 g/mol. The van der Waals surface area contributed by atoms with E-state index in [0.717, 1.165) is 16.2 Å². The Morgan fingerprint density at radius 2 is 1.76 bits per heavy atom. The summed E-state index contributed by atoms with van der Waals surface area (Å²) < 4.78 is 17.5. The zero-order valence-corrected chi connectivity index (χ0v) is 13.4. The Hall–Kier alpha value is -1.65. The molecular weight excluding hydrogens is 282 g/mol. The van der Waals surface area contributed by atoms with Crippen LogP contribution in [0.15, 0.2) is 47.4 Å². The van der Waals surface area contributed by atoms with Gasteiger partial charge in [-0.1, -0.05) is 18.2 Å². The summed E-state index contributed by atoms with van der Waals surface area (Å²) in [4.78, 5) is 0.773. The summed E-state index contributed by atoms with van der Waals surface area (Å²) in [5, 5.41) is 0. The van der Waals surface area contributed by atoms with Gasteiger partial charge in [-0.2, -0.15) is 0 Å². The first-order valence-corrected chi connectivity index (χ1v) is 8.18. The van der Waals surface area contributed by atoms with Crippen molar-refractivity contribution in [1.82, 2.24) is 0 Å². The van der Waals surface area contributed by atoms with Gasteiger partial charge in [-0.25, -0.2) is 0 Å². The van der Waals surface area contributed by atoms with Crippen LogP contribution < -0.4 is 10.5 Å². The van der Waals surface area contributed by atoms with Crippen molar-refractivity contribution in [2.45, 2.75) is 24.8 Å². The molecule has 2 rings (SSSR count). The molecule has 112 valence electrons. The van der Waals surface area contributed by atoms with Gasteiger partial charge < -0.3 is 10.5 Å². The van der Waals surface area contributed by atoms with E-state index in [-0.39, 0.29) is 6.04 Å². The van der Waals surface area contributed by atoms with Crippen molar-refractivity contribution in [3.8, 4) is 5.75 Å². The molecule has 2 atom stereocenters. The fourth-order valence-electron chi connectivity index (χ4n) is 2.08. The van der Waals surface area contributed by atoms with Crippen molar-refractivity contribution in [3.63, 3.8) is 0 Å². The quantitative estimate of drug-likeness (QED) is 0.923. The Morgan fingerprint density at radius 3 is 2.33 bits per heavy atom. The summed E-state index contributed by atoms with van der Waals surface area (Å²) in [7, 11) is 0.496. The van der Waals surface area contributed by atoms with Gasteiger partial charge in [0.2, 0.25) is 0 Å². The number of benzene rings is 2. The van der Waals surface area contributed by atoms with E-state index in [2.05, 4.69) is 26.0 Å². The Morgan fingerprint density at radius 1 is 1.10 bits per heavy atom. The predicted molar refractivity (Wildman–Crippen MR) is 87.1 cm³/mol. The molecule has 0 radical (unpaired) electrons. The second-order valence-electron chi connectivity index (χ2n) is 5.14. The van der Waals surface area contributed by atoms with E-state index in [1.54, 1.807) is 7.11 Å². The average Bonchev–Trinajstić information content (AvgIpc) is 2.50. The van der Waals surface area contributed by atoms with Crippen LogP contribution in [0.1, 0.15) is 22.7 Å². The molecule has 2 aromatic carbocycles. The summed E-state index contributed by atoms with van der Waals surface area (Å²) in [5.41, 5.74) is 9.66. The number of hydrogen-bond acceptors (Lipinski definition) is 3. The smallest absolute Gasteiger partial charge is 0.118 e. The lowest BCUT2D eigenvalue weighted by molar-refractivity contribution is 0.414. The van der Waals surface area contributed by atoms with Crippen molar-refractivity contribution >= 4 is 10.8 Å². The predicted octanol–water partition coefficient (Wildman–Crippen LogP) is 3.12. The van der Waals surface area contributed by atoms with Crippen molar-refractivity contribution in [2.75, 3.05) is 12.9 Å². The molecule has 2 N–H and O–H groups in total. The first kappa shape index (κ1) is 15.7. The molecule has 3 nitrogen and oxygen atoms in total. The summed E-state index contributed by atoms with van der Waals surface area (Å²) in [6, 6.07) is 13.2. The molecule has 0 aliphatic rings. The van der Waals surface area contributed by atoms with E-state index < -0.39 is 10.8 Å². The van der Waals surface area contributed by atoms with Gasteiger partial charge in [0.25, 0.3) is 0 Å². The topological polar surface area (TPSA) is 52.3 Å². The SMILES string of the molecule is COc1ccc(S(=O)CC(N)c2ccc(C)c(C)c2)cc1. The molecule has 0 heterocycles. The lowest BCUT2D eigenvalue weighted by Crippen LogP contribution is -2.18. The van der Waals surface area contributed by atoms with Gasteiger partial charge in [0.15, 0.2) is 0 Å². The zero-order valence-electron chi connectivity index (χ0n) is 12.6. The molecule has 0 saturated heterocycles. The minimum absolute atomic E-state index is 0.229. The van der Waals surface area contributed by atoms with Crippen molar-refractivity contribution < 1.29 is 8.95 Å². The third kappa shape index (κ3) is 3.93. The maximum atomic E-state index is 12.4. The van der Waals surface area contributed by atoms with Gasteiger partial charge in [-0.15, -0.1) is 0 Å². The highest BCUT2D eigenvalue weighted by Gasteiger charge is 2.13. The Labute approximate surface area is 128 Å². The van der Waals surface area contributed by atoms with E-state index in [0.29, 0.717) is 5.75 Å². The van der Waals surface area contributed by atoms with Crippen molar-refractivity contribution in [1.29, 1.82) is 0 Å². The van der Waals surface area contributed by atoms with Crippen LogP contribution in [0.25, 0.3) is 0 Å². The molecule has 0 aliphatic heterocycles. The largest absolute Gasteiger partial charge is 0.497 e. The minimum atomic E-state index is -1.12. The van der Waals surface area contributed by atoms with Crippen molar-refractivity contribution in [3.05, 3.63) is 59.2 Å². The van der Waals surface area contributed by atoms with E-state index in [9.17, 15) is 4.21 Å². The Kier molecular flexibility index (Phi) is 5.15. The second-order valence-corrected chi connectivity index (χ2v) is 6.63. The maximum Gasteiger partial charge on any atom is 0.118 e. The lowest BCUT2D eigenvalue weighted by Gasteiger charge is -2.13. The highest BCUT2D eigenvalue weighted by molar-refractivity contribution is 7.85. The third-order valence-corrected chi connectivity index (χ3v) is 5.07. The van der Waals surface area contributed by atoms with Crippen LogP contribution in [0, 0.1) is 13.8 Å². The fraction of sp³-hybridized carbons (Fsp3) is 0.294. The number of ether oxygens (including phenoxy) is 1. The molecule has 0 aliphatic carbocycles. The van der Waals surface area contributed by atoms with Gasteiger partial charge >= 0.3 is 0 Å². The third-order valence-electron chi connectivity index (χ3n) is 3.61. The van der Waals surface area contributed by atoms with Crippen LogP contribution >= 0.6 is 0 Å². The second kappa shape index (κ2) is 6.87. The fourth-order valence-corrected chi connectivity index (χ4v) is 3.23. The van der Waals surface area contributed by atoms with Crippen molar-refractivity contribution in [2.24, 2.45) is 5.73 Å². The van der Waals surface area contributed by atoms with Gasteiger partial charge in [0.05, 0.1) is 17.9 Å².